The molecule has 1 aliphatic rings. The second kappa shape index (κ2) is 5.15. The average Bonchev–Trinajstić information content (AvgIpc) is 2.86. The predicted octanol–water partition coefficient (Wildman–Crippen LogP) is 2.73. The molecule has 0 spiro atoms. The molecule has 18 heavy (non-hydrogen) atoms. The number of halogens is 1. The van der Waals surface area contributed by atoms with Crippen LogP contribution in [0.4, 0.5) is 0 Å². The Morgan fingerprint density at radius 1 is 1.72 bits per heavy atom. The predicted molar refractivity (Wildman–Crippen MR) is 71.9 cm³/mol. The zero-order valence-corrected chi connectivity index (χ0v) is 12.1. The highest BCUT2D eigenvalue weighted by Gasteiger charge is 2.47. The van der Waals surface area contributed by atoms with E-state index >= 15 is 0 Å². The number of carbonyl (C=O) groups is 1. The van der Waals surface area contributed by atoms with Crippen molar-refractivity contribution in [1.29, 1.82) is 0 Å². The quantitative estimate of drug-likeness (QED) is 0.925. The number of aromatic nitrogens is 1. The van der Waals surface area contributed by atoms with Crippen molar-refractivity contribution in [3.63, 3.8) is 0 Å². The van der Waals surface area contributed by atoms with Gasteiger partial charge < -0.3 is 5.11 Å². The Bertz CT molecular complexity index is 449. The number of likely N-dealkylation sites (tertiary alicyclic amines) is 1. The van der Waals surface area contributed by atoms with E-state index in [4.69, 9.17) is 11.6 Å². The van der Waals surface area contributed by atoms with Gasteiger partial charge in [0.1, 0.15) is 9.34 Å². The van der Waals surface area contributed by atoms with Crippen molar-refractivity contribution in [1.82, 2.24) is 9.88 Å². The summed E-state index contributed by atoms with van der Waals surface area (Å²) in [6, 6.07) is 0. The molecule has 0 radical (unpaired) electrons. The van der Waals surface area contributed by atoms with E-state index < -0.39 is 11.4 Å². The number of aliphatic carboxylic acids is 1. The van der Waals surface area contributed by atoms with Gasteiger partial charge in [0.2, 0.25) is 0 Å². The maximum absolute atomic E-state index is 11.5. The third-order valence-electron chi connectivity index (χ3n) is 3.80. The third kappa shape index (κ3) is 2.53. The number of hydrogen-bond donors (Lipinski definition) is 1. The van der Waals surface area contributed by atoms with Gasteiger partial charge in [0.15, 0.2) is 0 Å². The van der Waals surface area contributed by atoms with Crippen molar-refractivity contribution < 1.29 is 9.90 Å². The first-order valence-corrected chi connectivity index (χ1v) is 7.19. The summed E-state index contributed by atoms with van der Waals surface area (Å²) in [5.74, 6) is -0.544. The summed E-state index contributed by atoms with van der Waals surface area (Å²) in [6.45, 7) is 6.06. The molecule has 2 heterocycles. The minimum atomic E-state index is -0.683. The Kier molecular flexibility index (Phi) is 3.94. The molecule has 1 aromatic rings. The summed E-state index contributed by atoms with van der Waals surface area (Å²) in [7, 11) is 0. The van der Waals surface area contributed by atoms with Gasteiger partial charge in [0.25, 0.3) is 0 Å². The van der Waals surface area contributed by atoms with Crippen LogP contribution in [0.5, 0.6) is 0 Å². The fourth-order valence-corrected chi connectivity index (χ4v) is 3.49. The van der Waals surface area contributed by atoms with E-state index in [1.54, 1.807) is 6.20 Å². The Morgan fingerprint density at radius 2 is 2.44 bits per heavy atom. The molecule has 1 aromatic heterocycles. The van der Waals surface area contributed by atoms with Crippen LogP contribution in [0, 0.1) is 11.3 Å². The second-order valence-corrected chi connectivity index (χ2v) is 6.88. The highest BCUT2D eigenvalue weighted by molar-refractivity contribution is 7.15. The molecule has 0 bridgehead atoms. The summed E-state index contributed by atoms with van der Waals surface area (Å²) >= 11 is 7.30. The van der Waals surface area contributed by atoms with Crippen molar-refractivity contribution in [3.8, 4) is 0 Å². The molecule has 1 saturated heterocycles. The lowest BCUT2D eigenvalue weighted by Gasteiger charge is -2.28. The maximum Gasteiger partial charge on any atom is 0.311 e. The molecule has 0 aliphatic carbocycles. The van der Waals surface area contributed by atoms with Crippen molar-refractivity contribution in [2.75, 3.05) is 13.1 Å². The fourth-order valence-electron chi connectivity index (χ4n) is 2.49. The molecule has 1 aliphatic heterocycles. The van der Waals surface area contributed by atoms with Gasteiger partial charge in [-0.05, 0) is 18.9 Å². The topological polar surface area (TPSA) is 53.4 Å². The van der Waals surface area contributed by atoms with E-state index in [-0.39, 0.29) is 5.92 Å². The Labute approximate surface area is 116 Å². The molecule has 0 saturated carbocycles. The van der Waals surface area contributed by atoms with Crippen molar-refractivity contribution in [3.05, 3.63) is 15.5 Å². The zero-order valence-electron chi connectivity index (χ0n) is 10.5. The van der Waals surface area contributed by atoms with E-state index in [1.165, 1.54) is 11.3 Å². The first-order valence-electron chi connectivity index (χ1n) is 6.00. The van der Waals surface area contributed by atoms with Crippen LogP contribution in [-0.4, -0.2) is 34.0 Å². The first-order chi connectivity index (χ1) is 8.44. The van der Waals surface area contributed by atoms with Gasteiger partial charge in [-0.15, -0.1) is 11.3 Å². The number of nitrogens with zero attached hydrogens (tertiary/aromatic N) is 2. The van der Waals surface area contributed by atoms with E-state index in [9.17, 15) is 9.90 Å². The molecule has 2 rings (SSSR count). The number of carboxylic acid groups (broad SMARTS) is 1. The monoisotopic (exact) mass is 288 g/mol. The number of carboxylic acids is 1. The molecule has 1 atom stereocenters. The van der Waals surface area contributed by atoms with Gasteiger partial charge in [-0.1, -0.05) is 25.4 Å². The van der Waals surface area contributed by atoms with Crippen molar-refractivity contribution >= 4 is 28.9 Å². The fraction of sp³-hybridized carbons (Fsp3) is 0.667. The van der Waals surface area contributed by atoms with Gasteiger partial charge in [0, 0.05) is 6.54 Å². The van der Waals surface area contributed by atoms with Gasteiger partial charge in [-0.25, -0.2) is 4.98 Å². The van der Waals surface area contributed by atoms with E-state index in [1.807, 2.05) is 13.8 Å². The van der Waals surface area contributed by atoms with Crippen LogP contribution in [-0.2, 0) is 11.3 Å². The van der Waals surface area contributed by atoms with Crippen molar-refractivity contribution in [2.45, 2.75) is 26.8 Å². The van der Waals surface area contributed by atoms with Crippen LogP contribution in [0.3, 0.4) is 0 Å². The molecule has 0 amide bonds. The average molecular weight is 289 g/mol. The van der Waals surface area contributed by atoms with Crippen LogP contribution in [0.15, 0.2) is 6.20 Å². The molecular weight excluding hydrogens is 272 g/mol. The summed E-state index contributed by atoms with van der Waals surface area (Å²) in [5.41, 5.74) is -0.610. The standard InChI is InChI=1S/C12H17ClN2O2S/c1-8(2)12(11(16)17)3-4-15(7-12)6-10-14-5-9(13)18-10/h5,8H,3-4,6-7H2,1-2H3,(H,16,17). The van der Waals surface area contributed by atoms with Crippen LogP contribution in [0.2, 0.25) is 4.34 Å². The summed E-state index contributed by atoms with van der Waals surface area (Å²) in [6.07, 6.45) is 2.35. The van der Waals surface area contributed by atoms with E-state index in [0.717, 1.165) is 11.6 Å². The Balaban J connectivity index is 2.05. The number of thiazole rings is 1. The SMILES string of the molecule is CC(C)C1(C(=O)O)CCN(Cc2ncc(Cl)s2)C1. The lowest BCUT2D eigenvalue weighted by atomic mass is 9.76. The van der Waals surface area contributed by atoms with Crippen molar-refractivity contribution in [2.24, 2.45) is 11.3 Å². The third-order valence-corrected chi connectivity index (χ3v) is 4.89. The molecule has 4 nitrogen and oxygen atoms in total. The minimum absolute atomic E-state index is 0.139. The summed E-state index contributed by atoms with van der Waals surface area (Å²) in [5, 5.41) is 10.4. The normalized spacial score (nSPS) is 24.9. The molecule has 1 fully saturated rings. The summed E-state index contributed by atoms with van der Waals surface area (Å²) in [4.78, 5) is 17.9. The molecule has 100 valence electrons. The van der Waals surface area contributed by atoms with E-state index in [0.29, 0.717) is 23.8 Å². The van der Waals surface area contributed by atoms with Gasteiger partial charge in [0.05, 0.1) is 18.2 Å². The summed E-state index contributed by atoms with van der Waals surface area (Å²) < 4.78 is 0.678. The first kappa shape index (κ1) is 13.8. The molecule has 1 N–H and O–H groups in total. The lowest BCUT2D eigenvalue weighted by Crippen LogP contribution is -2.39. The van der Waals surface area contributed by atoms with Gasteiger partial charge in [-0.3, -0.25) is 9.69 Å². The smallest absolute Gasteiger partial charge is 0.311 e. The van der Waals surface area contributed by atoms with Gasteiger partial charge in [-0.2, -0.15) is 0 Å². The zero-order chi connectivity index (χ0) is 13.3. The molecule has 6 heteroatoms. The minimum Gasteiger partial charge on any atom is -0.481 e. The molecule has 0 aromatic carbocycles. The maximum atomic E-state index is 11.5. The molecular formula is C12H17ClN2O2S. The molecule has 1 unspecified atom stereocenters. The lowest BCUT2D eigenvalue weighted by molar-refractivity contribution is -0.151. The van der Waals surface area contributed by atoms with Gasteiger partial charge >= 0.3 is 5.97 Å². The highest BCUT2D eigenvalue weighted by Crippen LogP contribution is 2.38. The van der Waals surface area contributed by atoms with Crippen LogP contribution < -0.4 is 0 Å². The van der Waals surface area contributed by atoms with Crippen LogP contribution in [0.1, 0.15) is 25.3 Å². The van der Waals surface area contributed by atoms with Crippen LogP contribution in [0.25, 0.3) is 0 Å². The Hall–Kier alpha value is -0.650. The van der Waals surface area contributed by atoms with E-state index in [2.05, 4.69) is 9.88 Å². The second-order valence-electron chi connectivity index (χ2n) is 5.13. The van der Waals surface area contributed by atoms with Crippen LogP contribution >= 0.6 is 22.9 Å². The Morgan fingerprint density at radius 3 is 2.89 bits per heavy atom. The highest BCUT2D eigenvalue weighted by atomic mass is 35.5. The number of hydrogen-bond acceptors (Lipinski definition) is 4. The number of rotatable bonds is 4. The largest absolute Gasteiger partial charge is 0.481 e.